The zero-order chi connectivity index (χ0) is 17.4. The van der Waals surface area contributed by atoms with Crippen molar-refractivity contribution in [1.82, 2.24) is 19.5 Å². The monoisotopic (exact) mass is 370 g/mol. The molecule has 0 aliphatic rings. The van der Waals surface area contributed by atoms with E-state index in [9.17, 15) is 5.11 Å². The second kappa shape index (κ2) is 6.59. The number of thiazole rings is 1. The molecule has 4 rings (SSSR count). The Bertz CT molecular complexity index is 976. The van der Waals surface area contributed by atoms with E-state index in [0.29, 0.717) is 5.82 Å². The molecule has 1 aromatic carbocycles. The highest BCUT2D eigenvalue weighted by Crippen LogP contribution is 2.40. The van der Waals surface area contributed by atoms with Crippen LogP contribution in [0.3, 0.4) is 0 Å². The van der Waals surface area contributed by atoms with Crippen LogP contribution in [-0.4, -0.2) is 31.7 Å². The van der Waals surface area contributed by atoms with Crippen molar-refractivity contribution >= 4 is 27.6 Å². The summed E-state index contributed by atoms with van der Waals surface area (Å²) in [5.74, 6) is 0.842. The molecule has 4 aromatic rings. The molecule has 0 bridgehead atoms. The van der Waals surface area contributed by atoms with E-state index in [2.05, 4.69) is 51.0 Å². The van der Waals surface area contributed by atoms with Crippen LogP contribution in [0, 0.1) is 6.92 Å². The van der Waals surface area contributed by atoms with E-state index < -0.39 is 0 Å². The van der Waals surface area contributed by atoms with Gasteiger partial charge in [-0.05, 0) is 41.9 Å². The van der Waals surface area contributed by atoms with Crippen LogP contribution in [0.5, 0.6) is 5.88 Å². The molecular formula is C18H18N4OS2. The van der Waals surface area contributed by atoms with Gasteiger partial charge in [0.05, 0.1) is 10.9 Å². The minimum Gasteiger partial charge on any atom is -0.492 e. The Hall–Kier alpha value is -2.22. The number of aromatic nitrogens is 3. The van der Waals surface area contributed by atoms with Gasteiger partial charge in [0.15, 0.2) is 0 Å². The lowest BCUT2D eigenvalue weighted by molar-refractivity contribution is 0.267. The maximum absolute atomic E-state index is 10.7. The average Bonchev–Trinajstić information content (AvgIpc) is 3.29. The molecule has 0 spiro atoms. The van der Waals surface area contributed by atoms with Gasteiger partial charge in [0.1, 0.15) is 5.82 Å². The SMILES string of the molecule is Cc1nc2sc([C@H](c3ccsc3)N(C)Cc3ccccc3)c(O)n2n1. The fraction of sp³-hybridized carbons (Fsp3) is 0.222. The quantitative estimate of drug-likeness (QED) is 0.575. The molecule has 3 heterocycles. The molecule has 1 N–H and O–H groups in total. The Labute approximate surface area is 153 Å². The zero-order valence-corrected chi connectivity index (χ0v) is 15.6. The number of rotatable bonds is 5. The molecule has 0 aliphatic heterocycles. The highest BCUT2D eigenvalue weighted by molar-refractivity contribution is 7.17. The van der Waals surface area contributed by atoms with E-state index >= 15 is 0 Å². The third-order valence-electron chi connectivity index (χ3n) is 4.13. The number of nitrogens with zero attached hydrogens (tertiary/aromatic N) is 4. The van der Waals surface area contributed by atoms with Gasteiger partial charge in [-0.25, -0.2) is 4.98 Å². The Morgan fingerprint density at radius 1 is 1.24 bits per heavy atom. The molecule has 128 valence electrons. The van der Waals surface area contributed by atoms with Crippen LogP contribution in [0.25, 0.3) is 4.96 Å². The van der Waals surface area contributed by atoms with Crippen LogP contribution >= 0.6 is 22.7 Å². The van der Waals surface area contributed by atoms with Crippen molar-refractivity contribution in [1.29, 1.82) is 0 Å². The topological polar surface area (TPSA) is 53.7 Å². The van der Waals surface area contributed by atoms with Crippen molar-refractivity contribution in [2.45, 2.75) is 19.5 Å². The van der Waals surface area contributed by atoms with Gasteiger partial charge in [-0.3, -0.25) is 4.90 Å². The number of hydrogen-bond acceptors (Lipinski definition) is 6. The van der Waals surface area contributed by atoms with E-state index in [1.54, 1.807) is 11.3 Å². The molecular weight excluding hydrogens is 352 g/mol. The number of hydrogen-bond donors (Lipinski definition) is 1. The molecule has 0 amide bonds. The first-order valence-electron chi connectivity index (χ1n) is 7.95. The van der Waals surface area contributed by atoms with E-state index in [-0.39, 0.29) is 11.9 Å². The van der Waals surface area contributed by atoms with Gasteiger partial charge in [-0.15, -0.1) is 5.10 Å². The van der Waals surface area contributed by atoms with Gasteiger partial charge in [-0.1, -0.05) is 41.7 Å². The zero-order valence-electron chi connectivity index (χ0n) is 14.0. The van der Waals surface area contributed by atoms with E-state index in [1.165, 1.54) is 27.0 Å². The predicted molar refractivity (Wildman–Crippen MR) is 101 cm³/mol. The largest absolute Gasteiger partial charge is 0.492 e. The normalized spacial score (nSPS) is 12.9. The van der Waals surface area contributed by atoms with Crippen molar-refractivity contribution < 1.29 is 5.11 Å². The number of aryl methyl sites for hydroxylation is 1. The van der Waals surface area contributed by atoms with Gasteiger partial charge in [-0.2, -0.15) is 15.9 Å². The molecule has 0 aliphatic carbocycles. The Kier molecular flexibility index (Phi) is 4.29. The summed E-state index contributed by atoms with van der Waals surface area (Å²) in [6.07, 6.45) is 0. The highest BCUT2D eigenvalue weighted by atomic mass is 32.1. The molecule has 7 heteroatoms. The van der Waals surface area contributed by atoms with Crippen molar-refractivity contribution in [3.05, 3.63) is 69.0 Å². The molecule has 0 fully saturated rings. The van der Waals surface area contributed by atoms with Gasteiger partial charge in [0.2, 0.25) is 10.8 Å². The summed E-state index contributed by atoms with van der Waals surface area (Å²) in [5.41, 5.74) is 2.40. The van der Waals surface area contributed by atoms with E-state index in [4.69, 9.17) is 0 Å². The molecule has 1 atom stereocenters. The van der Waals surface area contributed by atoms with Gasteiger partial charge in [0.25, 0.3) is 0 Å². The lowest BCUT2D eigenvalue weighted by atomic mass is 10.1. The van der Waals surface area contributed by atoms with Crippen molar-refractivity contribution in [2.24, 2.45) is 0 Å². The summed E-state index contributed by atoms with van der Waals surface area (Å²) in [6, 6.07) is 12.4. The van der Waals surface area contributed by atoms with Crippen LogP contribution in [0.4, 0.5) is 0 Å². The molecule has 0 saturated heterocycles. The third-order valence-corrected chi connectivity index (χ3v) is 5.90. The minimum absolute atomic E-state index is 0.0414. The standard InChI is InChI=1S/C18H18N4OS2/c1-12-19-18-22(20-12)17(23)16(25-18)15(14-8-9-24-11-14)21(2)10-13-6-4-3-5-7-13/h3-9,11,15,23H,10H2,1-2H3/t15-/m0/s1. The van der Waals surface area contributed by atoms with Crippen LogP contribution in [0.1, 0.15) is 27.9 Å². The smallest absolute Gasteiger partial charge is 0.230 e. The Morgan fingerprint density at radius 3 is 2.72 bits per heavy atom. The fourth-order valence-electron chi connectivity index (χ4n) is 3.03. The molecule has 0 saturated carbocycles. The van der Waals surface area contributed by atoms with Crippen LogP contribution in [0.15, 0.2) is 47.2 Å². The van der Waals surface area contributed by atoms with E-state index in [1.807, 2.05) is 25.1 Å². The van der Waals surface area contributed by atoms with Crippen LogP contribution in [0.2, 0.25) is 0 Å². The molecule has 25 heavy (non-hydrogen) atoms. The number of fused-ring (bicyclic) bond motifs is 1. The lowest BCUT2D eigenvalue weighted by Gasteiger charge is -2.27. The van der Waals surface area contributed by atoms with Gasteiger partial charge in [0, 0.05) is 6.54 Å². The first-order chi connectivity index (χ1) is 12.1. The number of benzene rings is 1. The van der Waals surface area contributed by atoms with Crippen molar-refractivity contribution in [3.63, 3.8) is 0 Å². The second-order valence-corrected chi connectivity index (χ2v) is 7.79. The Morgan fingerprint density at radius 2 is 2.04 bits per heavy atom. The summed E-state index contributed by atoms with van der Waals surface area (Å²) < 4.78 is 1.53. The first kappa shape index (κ1) is 16.3. The maximum Gasteiger partial charge on any atom is 0.230 e. The minimum atomic E-state index is -0.0414. The second-order valence-electron chi connectivity index (χ2n) is 6.00. The predicted octanol–water partition coefficient (Wildman–Crippen LogP) is 4.09. The van der Waals surface area contributed by atoms with Crippen molar-refractivity contribution in [2.75, 3.05) is 7.05 Å². The molecule has 0 radical (unpaired) electrons. The van der Waals surface area contributed by atoms with E-state index in [0.717, 1.165) is 16.4 Å². The van der Waals surface area contributed by atoms with Crippen LogP contribution in [-0.2, 0) is 6.54 Å². The van der Waals surface area contributed by atoms with Crippen molar-refractivity contribution in [3.8, 4) is 5.88 Å². The number of thiophene rings is 1. The van der Waals surface area contributed by atoms with Gasteiger partial charge >= 0.3 is 0 Å². The summed E-state index contributed by atoms with van der Waals surface area (Å²) in [6.45, 7) is 2.62. The van der Waals surface area contributed by atoms with Crippen LogP contribution < -0.4 is 0 Å². The summed E-state index contributed by atoms with van der Waals surface area (Å²) in [7, 11) is 2.08. The summed E-state index contributed by atoms with van der Waals surface area (Å²) in [4.78, 5) is 8.23. The summed E-state index contributed by atoms with van der Waals surface area (Å²) >= 11 is 3.15. The molecule has 3 aromatic heterocycles. The van der Waals surface area contributed by atoms with Gasteiger partial charge < -0.3 is 5.11 Å². The Balaban J connectivity index is 1.75. The first-order valence-corrected chi connectivity index (χ1v) is 9.70. The highest BCUT2D eigenvalue weighted by Gasteiger charge is 2.27. The summed E-state index contributed by atoms with van der Waals surface area (Å²) in [5, 5.41) is 19.2. The number of aromatic hydroxyl groups is 1. The lowest BCUT2D eigenvalue weighted by Crippen LogP contribution is -2.24. The third kappa shape index (κ3) is 3.06. The maximum atomic E-state index is 10.7. The molecule has 5 nitrogen and oxygen atoms in total. The molecule has 0 unspecified atom stereocenters. The fourth-order valence-corrected chi connectivity index (χ4v) is 4.90. The average molecular weight is 371 g/mol.